The molecule has 5 nitrogen and oxygen atoms in total. The third-order valence-electron chi connectivity index (χ3n) is 4.69. The van der Waals surface area contributed by atoms with Gasteiger partial charge in [0.2, 0.25) is 5.88 Å². The maximum Gasteiger partial charge on any atom is 0.265 e. The van der Waals surface area contributed by atoms with Crippen LogP contribution in [0.25, 0.3) is 5.69 Å². The van der Waals surface area contributed by atoms with Gasteiger partial charge in [0, 0.05) is 5.56 Å². The molecule has 0 spiro atoms. The highest BCUT2D eigenvalue weighted by molar-refractivity contribution is 7.99. The third-order valence-corrected chi connectivity index (χ3v) is 5.63. The van der Waals surface area contributed by atoms with E-state index in [2.05, 4.69) is 4.98 Å². The van der Waals surface area contributed by atoms with E-state index in [1.165, 1.54) is 4.57 Å². The van der Waals surface area contributed by atoms with E-state index in [9.17, 15) is 14.7 Å². The Morgan fingerprint density at radius 3 is 2.48 bits per heavy atom. The summed E-state index contributed by atoms with van der Waals surface area (Å²) in [7, 11) is 0. The summed E-state index contributed by atoms with van der Waals surface area (Å²) in [5.41, 5.74) is 2.26. The van der Waals surface area contributed by atoms with Crippen LogP contribution < -0.4 is 5.56 Å². The molecule has 0 saturated heterocycles. The number of aromatic nitrogens is 2. The zero-order valence-electron chi connectivity index (χ0n) is 16.6. The molecule has 0 aliphatic carbocycles. The maximum atomic E-state index is 13.2. The third kappa shape index (κ3) is 4.77. The monoisotopic (exact) mass is 408 g/mol. The van der Waals surface area contributed by atoms with Gasteiger partial charge in [0.15, 0.2) is 10.9 Å². The van der Waals surface area contributed by atoms with E-state index in [-0.39, 0.29) is 23.0 Å². The number of thioether (sulfide) groups is 1. The molecule has 1 heterocycles. The van der Waals surface area contributed by atoms with Crippen molar-refractivity contribution in [3.05, 3.63) is 81.6 Å². The lowest BCUT2D eigenvalue weighted by atomic mass is 10.1. The number of aryl methyl sites for hydroxylation is 1. The Morgan fingerprint density at radius 2 is 1.79 bits per heavy atom. The first-order valence-corrected chi connectivity index (χ1v) is 10.6. The Kier molecular flexibility index (Phi) is 6.88. The van der Waals surface area contributed by atoms with Gasteiger partial charge in [-0.05, 0) is 31.4 Å². The van der Waals surface area contributed by atoms with Crippen molar-refractivity contribution in [2.24, 2.45) is 0 Å². The molecule has 0 aliphatic heterocycles. The van der Waals surface area contributed by atoms with Crippen molar-refractivity contribution in [2.45, 2.75) is 38.3 Å². The van der Waals surface area contributed by atoms with E-state index in [1.54, 1.807) is 12.1 Å². The molecule has 0 aliphatic rings. The lowest BCUT2D eigenvalue weighted by Crippen LogP contribution is -2.26. The van der Waals surface area contributed by atoms with Crippen molar-refractivity contribution in [1.29, 1.82) is 0 Å². The highest BCUT2D eigenvalue weighted by Crippen LogP contribution is 2.25. The molecule has 3 rings (SSSR count). The topological polar surface area (TPSA) is 72.2 Å². The summed E-state index contributed by atoms with van der Waals surface area (Å²) >= 11 is 1.16. The minimum Gasteiger partial charge on any atom is -0.493 e. The number of hydrogen-bond acceptors (Lipinski definition) is 5. The van der Waals surface area contributed by atoms with Gasteiger partial charge in [-0.25, -0.2) is 0 Å². The first-order valence-electron chi connectivity index (χ1n) is 9.64. The molecule has 1 N–H and O–H groups in total. The quantitative estimate of drug-likeness (QED) is 0.336. The fourth-order valence-electron chi connectivity index (χ4n) is 3.06. The molecule has 0 unspecified atom stereocenters. The standard InChI is InChI=1S/C23H24N2O3S/c1-3-4-13-18-21(27)24-23(29-15-20(26)17-11-6-5-7-12-17)25(22(18)28)19-14-9-8-10-16(19)2/h5-12,14,27H,3-4,13,15H2,1-2H3. The van der Waals surface area contributed by atoms with Gasteiger partial charge in [0.1, 0.15) is 0 Å². The first-order chi connectivity index (χ1) is 14.0. The highest BCUT2D eigenvalue weighted by Gasteiger charge is 2.19. The van der Waals surface area contributed by atoms with Gasteiger partial charge in [-0.2, -0.15) is 4.98 Å². The summed E-state index contributed by atoms with van der Waals surface area (Å²) < 4.78 is 1.52. The zero-order valence-corrected chi connectivity index (χ0v) is 17.4. The number of ketones is 1. The Morgan fingerprint density at radius 1 is 1.10 bits per heavy atom. The number of nitrogens with zero attached hydrogens (tertiary/aromatic N) is 2. The smallest absolute Gasteiger partial charge is 0.265 e. The van der Waals surface area contributed by atoms with Gasteiger partial charge in [-0.3, -0.25) is 14.2 Å². The minimum absolute atomic E-state index is 0.0595. The summed E-state index contributed by atoms with van der Waals surface area (Å²) in [6, 6.07) is 16.5. The number of aromatic hydroxyl groups is 1. The molecular formula is C23H24N2O3S. The predicted molar refractivity (Wildman–Crippen MR) is 116 cm³/mol. The van der Waals surface area contributed by atoms with E-state index in [1.807, 2.05) is 56.3 Å². The van der Waals surface area contributed by atoms with E-state index in [0.29, 0.717) is 28.4 Å². The molecule has 0 bridgehead atoms. The number of para-hydroxylation sites is 1. The maximum absolute atomic E-state index is 13.2. The number of carbonyl (C=O) groups excluding carboxylic acids is 1. The lowest BCUT2D eigenvalue weighted by Gasteiger charge is -2.16. The second-order valence-electron chi connectivity index (χ2n) is 6.81. The zero-order chi connectivity index (χ0) is 20.8. The second kappa shape index (κ2) is 9.56. The molecule has 0 atom stereocenters. The normalized spacial score (nSPS) is 10.8. The molecule has 3 aromatic rings. The van der Waals surface area contributed by atoms with Crippen LogP contribution in [0.2, 0.25) is 0 Å². The predicted octanol–water partition coefficient (Wildman–Crippen LogP) is 4.56. The Balaban J connectivity index is 2.02. The molecule has 6 heteroatoms. The van der Waals surface area contributed by atoms with Crippen LogP contribution in [0.4, 0.5) is 0 Å². The molecule has 0 amide bonds. The largest absolute Gasteiger partial charge is 0.493 e. The van der Waals surface area contributed by atoms with E-state index in [4.69, 9.17) is 0 Å². The Hall–Kier alpha value is -2.86. The number of Topliss-reactive ketones (excluding diaryl/α,β-unsaturated/α-hetero) is 1. The number of carbonyl (C=O) groups is 1. The van der Waals surface area contributed by atoms with Crippen molar-refractivity contribution in [3.8, 4) is 11.6 Å². The summed E-state index contributed by atoms with van der Waals surface area (Å²) in [6.07, 6.45) is 2.16. The van der Waals surface area contributed by atoms with E-state index in [0.717, 1.165) is 30.2 Å². The molecule has 0 saturated carbocycles. The van der Waals surface area contributed by atoms with Crippen molar-refractivity contribution >= 4 is 17.5 Å². The van der Waals surface area contributed by atoms with Crippen LogP contribution in [0, 0.1) is 6.92 Å². The van der Waals surface area contributed by atoms with Gasteiger partial charge in [-0.15, -0.1) is 0 Å². The summed E-state index contributed by atoms with van der Waals surface area (Å²) in [5.74, 6) is -0.186. The van der Waals surface area contributed by atoms with Gasteiger partial charge >= 0.3 is 0 Å². The second-order valence-corrected chi connectivity index (χ2v) is 7.75. The van der Waals surface area contributed by atoms with Crippen molar-refractivity contribution in [2.75, 3.05) is 5.75 Å². The molecule has 29 heavy (non-hydrogen) atoms. The van der Waals surface area contributed by atoms with Crippen molar-refractivity contribution < 1.29 is 9.90 Å². The van der Waals surface area contributed by atoms with Crippen LogP contribution in [-0.2, 0) is 6.42 Å². The van der Waals surface area contributed by atoms with Crippen LogP contribution in [0.5, 0.6) is 5.88 Å². The summed E-state index contributed by atoms with van der Waals surface area (Å²) in [4.78, 5) is 30.1. The molecule has 2 aromatic carbocycles. The number of rotatable bonds is 8. The molecule has 1 aromatic heterocycles. The van der Waals surface area contributed by atoms with Crippen molar-refractivity contribution in [1.82, 2.24) is 9.55 Å². The van der Waals surface area contributed by atoms with Crippen molar-refractivity contribution in [3.63, 3.8) is 0 Å². The Labute approximate surface area is 174 Å². The minimum atomic E-state index is -0.282. The van der Waals surface area contributed by atoms with E-state index < -0.39 is 0 Å². The molecule has 150 valence electrons. The molecule has 0 radical (unpaired) electrons. The number of benzene rings is 2. The molecule has 0 fully saturated rings. The van der Waals surface area contributed by atoms with Crippen LogP contribution in [-0.4, -0.2) is 26.2 Å². The number of hydrogen-bond donors (Lipinski definition) is 1. The summed E-state index contributed by atoms with van der Waals surface area (Å²) in [5, 5.41) is 10.7. The molecular weight excluding hydrogens is 384 g/mol. The highest BCUT2D eigenvalue weighted by atomic mass is 32.2. The van der Waals surface area contributed by atoms with Gasteiger partial charge < -0.3 is 5.11 Å². The fraction of sp³-hybridized carbons (Fsp3) is 0.261. The fourth-order valence-corrected chi connectivity index (χ4v) is 3.95. The van der Waals surface area contributed by atoms with Crippen LogP contribution in [0.1, 0.15) is 41.3 Å². The van der Waals surface area contributed by atoms with Gasteiger partial charge in [0.05, 0.1) is 17.0 Å². The lowest BCUT2D eigenvalue weighted by molar-refractivity contribution is 0.102. The Bertz CT molecular complexity index is 1060. The average Bonchev–Trinajstić information content (AvgIpc) is 2.73. The van der Waals surface area contributed by atoms with Gasteiger partial charge in [0.25, 0.3) is 5.56 Å². The van der Waals surface area contributed by atoms with Gasteiger partial charge in [-0.1, -0.05) is 73.6 Å². The first kappa shape index (κ1) is 20.9. The van der Waals surface area contributed by atoms with Crippen LogP contribution in [0.3, 0.4) is 0 Å². The van der Waals surface area contributed by atoms with Crippen LogP contribution >= 0.6 is 11.8 Å². The average molecular weight is 409 g/mol. The number of unbranched alkanes of at least 4 members (excludes halogenated alkanes) is 1. The summed E-state index contributed by atoms with van der Waals surface area (Å²) in [6.45, 7) is 3.95. The van der Waals surface area contributed by atoms with Crippen LogP contribution in [0.15, 0.2) is 64.5 Å². The van der Waals surface area contributed by atoms with E-state index >= 15 is 0 Å². The SMILES string of the molecule is CCCCc1c(O)nc(SCC(=O)c2ccccc2)n(-c2ccccc2C)c1=O.